The molecule has 5 N–H and O–H groups in total. The quantitative estimate of drug-likeness (QED) is 0.217. The Hall–Kier alpha value is -4.03. The number of aromatic amines is 1. The van der Waals surface area contributed by atoms with Gasteiger partial charge in [-0.25, -0.2) is 9.37 Å². The van der Waals surface area contributed by atoms with E-state index in [4.69, 9.17) is 33.7 Å². The first kappa shape index (κ1) is 29.5. The maximum Gasteiger partial charge on any atom is 0.258 e. The van der Waals surface area contributed by atoms with Crippen LogP contribution in [0.5, 0.6) is 0 Å². The predicted molar refractivity (Wildman–Crippen MR) is 163 cm³/mol. The Balaban J connectivity index is 1.37. The van der Waals surface area contributed by atoms with Crippen LogP contribution in [0.3, 0.4) is 0 Å². The van der Waals surface area contributed by atoms with Crippen molar-refractivity contribution >= 4 is 57.5 Å². The minimum atomic E-state index is -0.817. The van der Waals surface area contributed by atoms with Crippen molar-refractivity contribution in [3.05, 3.63) is 98.1 Å². The molecule has 10 nitrogen and oxygen atoms in total. The number of aromatic nitrogens is 3. The first-order valence-electron chi connectivity index (χ1n) is 13.2. The molecular weight excluding hydrogens is 584 g/mol. The lowest BCUT2D eigenvalue weighted by Gasteiger charge is -2.26. The number of rotatable bonds is 9. The molecule has 1 saturated heterocycles. The SMILES string of the molecule is C=C(Nc1cc(C(=O)NC(CCN)c2cccc(Cl)c2)c(F)cc1Cl)c1cc2cnc(N3CCOCC3)nc2[nH]c1=O. The molecule has 4 aromatic rings. The van der Waals surface area contributed by atoms with Crippen LogP contribution in [0.2, 0.25) is 10.0 Å². The number of nitrogens with zero attached hydrogens (tertiary/aromatic N) is 3. The number of benzene rings is 2. The van der Waals surface area contributed by atoms with Gasteiger partial charge in [0.15, 0.2) is 0 Å². The zero-order valence-electron chi connectivity index (χ0n) is 22.4. The molecule has 2 aromatic carbocycles. The largest absolute Gasteiger partial charge is 0.378 e. The summed E-state index contributed by atoms with van der Waals surface area (Å²) >= 11 is 12.4. The second-order valence-corrected chi connectivity index (χ2v) is 10.5. The van der Waals surface area contributed by atoms with Gasteiger partial charge in [-0.05, 0) is 48.9 Å². The standard InChI is InChI=1S/C29H28Cl2FN7O3/c1-16(20-12-18-15-34-29(38-26(18)37-27(20)40)39-7-9-42-10-8-39)35-25-13-21(23(32)14-22(25)31)28(41)36-24(5-6-33)17-3-2-4-19(30)11-17/h2-4,11-15,24,35H,1,5-10,33H2,(H,36,41)(H,34,37,38,40). The van der Waals surface area contributed by atoms with Gasteiger partial charge < -0.3 is 31.0 Å². The molecule has 0 radical (unpaired) electrons. The number of hydrogen-bond donors (Lipinski definition) is 4. The van der Waals surface area contributed by atoms with Crippen LogP contribution >= 0.6 is 23.2 Å². The minimum Gasteiger partial charge on any atom is -0.378 e. The summed E-state index contributed by atoms with van der Waals surface area (Å²) < 4.78 is 20.3. The third-order valence-electron chi connectivity index (χ3n) is 6.80. The number of anilines is 2. The summed E-state index contributed by atoms with van der Waals surface area (Å²) in [6.07, 6.45) is 2.02. The van der Waals surface area contributed by atoms with Crippen molar-refractivity contribution in [3.8, 4) is 0 Å². The summed E-state index contributed by atoms with van der Waals surface area (Å²) in [6, 6.07) is 10.4. The van der Waals surface area contributed by atoms with Crippen molar-refractivity contribution in [1.82, 2.24) is 20.3 Å². The number of morpholine rings is 1. The predicted octanol–water partition coefficient (Wildman–Crippen LogP) is 4.50. The summed E-state index contributed by atoms with van der Waals surface area (Å²) in [6.45, 7) is 6.71. The molecule has 13 heteroatoms. The second kappa shape index (κ2) is 12.9. The Morgan fingerprint density at radius 2 is 1.98 bits per heavy atom. The maximum atomic E-state index is 14.9. The minimum absolute atomic E-state index is 0.00532. The number of fused-ring (bicyclic) bond motifs is 1. The van der Waals surface area contributed by atoms with E-state index in [-0.39, 0.29) is 34.1 Å². The number of halogens is 3. The van der Waals surface area contributed by atoms with Gasteiger partial charge >= 0.3 is 0 Å². The molecular formula is C29H28Cl2FN7O3. The molecule has 1 amide bonds. The first-order chi connectivity index (χ1) is 20.2. The third-order valence-corrected chi connectivity index (χ3v) is 7.35. The topological polar surface area (TPSA) is 138 Å². The molecule has 1 aliphatic heterocycles. The second-order valence-electron chi connectivity index (χ2n) is 9.66. The average molecular weight is 612 g/mol. The van der Waals surface area contributed by atoms with Gasteiger partial charge in [0, 0.05) is 35.4 Å². The van der Waals surface area contributed by atoms with Gasteiger partial charge in [-0.2, -0.15) is 4.98 Å². The average Bonchev–Trinajstić information content (AvgIpc) is 2.98. The van der Waals surface area contributed by atoms with Gasteiger partial charge in [0.2, 0.25) is 5.95 Å². The molecule has 1 atom stereocenters. The highest BCUT2D eigenvalue weighted by molar-refractivity contribution is 6.33. The zero-order valence-corrected chi connectivity index (χ0v) is 23.9. The molecule has 5 rings (SSSR count). The molecule has 1 aliphatic rings. The van der Waals surface area contributed by atoms with Crippen molar-refractivity contribution in [2.75, 3.05) is 43.1 Å². The van der Waals surface area contributed by atoms with Crippen LogP contribution in [0.1, 0.15) is 33.9 Å². The van der Waals surface area contributed by atoms with E-state index in [1.807, 2.05) is 4.90 Å². The van der Waals surface area contributed by atoms with Crippen LogP contribution in [0.15, 0.2) is 60.0 Å². The number of carbonyl (C=O) groups excluding carboxylic acids is 1. The van der Waals surface area contributed by atoms with Crippen LogP contribution < -0.4 is 26.8 Å². The molecule has 0 saturated carbocycles. The highest BCUT2D eigenvalue weighted by Gasteiger charge is 2.21. The molecule has 3 heterocycles. The fraction of sp³-hybridized carbons (Fsp3) is 0.241. The van der Waals surface area contributed by atoms with Gasteiger partial charge in [0.05, 0.1) is 41.1 Å². The molecule has 0 spiro atoms. The summed E-state index contributed by atoms with van der Waals surface area (Å²) in [5.74, 6) is -0.991. The molecule has 218 valence electrons. The Morgan fingerprint density at radius 1 is 1.19 bits per heavy atom. The lowest BCUT2D eigenvalue weighted by molar-refractivity contribution is 0.0931. The van der Waals surface area contributed by atoms with Gasteiger partial charge in [-0.3, -0.25) is 9.59 Å². The summed E-state index contributed by atoms with van der Waals surface area (Å²) in [5.41, 5.74) is 6.71. The van der Waals surface area contributed by atoms with E-state index in [9.17, 15) is 14.0 Å². The fourth-order valence-corrected chi connectivity index (χ4v) is 5.02. The summed E-state index contributed by atoms with van der Waals surface area (Å²) in [4.78, 5) is 39.8. The third kappa shape index (κ3) is 6.55. The number of pyridine rings is 1. The number of nitrogens with one attached hydrogen (secondary N) is 3. The van der Waals surface area contributed by atoms with Crippen molar-refractivity contribution < 1.29 is 13.9 Å². The molecule has 1 unspecified atom stereocenters. The number of carbonyl (C=O) groups is 1. The molecule has 0 bridgehead atoms. The smallest absolute Gasteiger partial charge is 0.258 e. The van der Waals surface area contributed by atoms with Crippen LogP contribution in [0.4, 0.5) is 16.0 Å². The van der Waals surface area contributed by atoms with Crippen LogP contribution in [-0.2, 0) is 4.74 Å². The lowest BCUT2D eigenvalue weighted by Crippen LogP contribution is -2.37. The van der Waals surface area contributed by atoms with E-state index >= 15 is 0 Å². The van der Waals surface area contributed by atoms with Gasteiger partial charge in [-0.1, -0.05) is 41.9 Å². The van der Waals surface area contributed by atoms with E-state index in [2.05, 4.69) is 32.2 Å². The van der Waals surface area contributed by atoms with E-state index in [0.717, 1.165) is 11.6 Å². The fourth-order valence-electron chi connectivity index (χ4n) is 4.62. The molecule has 42 heavy (non-hydrogen) atoms. The zero-order chi connectivity index (χ0) is 29.8. The molecule has 0 aliphatic carbocycles. The number of amides is 1. The number of hydrogen-bond acceptors (Lipinski definition) is 8. The number of ether oxygens (including phenoxy) is 1. The maximum absolute atomic E-state index is 14.9. The number of nitrogens with two attached hydrogens (primary N) is 1. The van der Waals surface area contributed by atoms with E-state index in [1.165, 1.54) is 6.07 Å². The van der Waals surface area contributed by atoms with E-state index in [0.29, 0.717) is 54.7 Å². The Labute approximate surface area is 250 Å². The monoisotopic (exact) mass is 611 g/mol. The Bertz CT molecular complexity index is 1710. The Kier molecular flexibility index (Phi) is 9.03. The van der Waals surface area contributed by atoms with Gasteiger partial charge in [0.25, 0.3) is 11.5 Å². The van der Waals surface area contributed by atoms with Crippen molar-refractivity contribution in [1.29, 1.82) is 0 Å². The van der Waals surface area contributed by atoms with E-state index in [1.54, 1.807) is 36.5 Å². The lowest BCUT2D eigenvalue weighted by atomic mass is 10.0. The van der Waals surface area contributed by atoms with E-state index < -0.39 is 23.3 Å². The van der Waals surface area contributed by atoms with Crippen LogP contribution in [-0.4, -0.2) is 53.7 Å². The molecule has 2 aromatic heterocycles. The normalized spacial score (nSPS) is 14.0. The van der Waals surface area contributed by atoms with Crippen LogP contribution in [0.25, 0.3) is 16.7 Å². The van der Waals surface area contributed by atoms with Crippen LogP contribution in [0, 0.1) is 5.82 Å². The van der Waals surface area contributed by atoms with Crippen molar-refractivity contribution in [2.45, 2.75) is 12.5 Å². The highest BCUT2D eigenvalue weighted by atomic mass is 35.5. The molecule has 1 fully saturated rings. The van der Waals surface area contributed by atoms with Crippen molar-refractivity contribution in [3.63, 3.8) is 0 Å². The number of H-pyrrole nitrogens is 1. The van der Waals surface area contributed by atoms with Gasteiger partial charge in [0.1, 0.15) is 11.5 Å². The van der Waals surface area contributed by atoms with Gasteiger partial charge in [-0.15, -0.1) is 0 Å². The highest BCUT2D eigenvalue weighted by Crippen LogP contribution is 2.29. The first-order valence-corrected chi connectivity index (χ1v) is 13.9. The summed E-state index contributed by atoms with van der Waals surface area (Å²) in [5, 5.41) is 6.84. The summed E-state index contributed by atoms with van der Waals surface area (Å²) in [7, 11) is 0. The van der Waals surface area contributed by atoms with Crippen molar-refractivity contribution in [2.24, 2.45) is 5.73 Å². The Morgan fingerprint density at radius 3 is 2.71 bits per heavy atom.